The molecule has 6 heteroatoms. The van der Waals surface area contributed by atoms with Crippen molar-refractivity contribution in [2.45, 2.75) is 25.9 Å². The minimum atomic E-state index is -0.289. The Morgan fingerprint density at radius 3 is 1.93 bits per heavy atom. The van der Waals surface area contributed by atoms with Gasteiger partial charge in [0.05, 0.1) is 0 Å². The zero-order chi connectivity index (χ0) is 19.9. The molecular weight excluding hydrogens is 354 g/mol. The van der Waals surface area contributed by atoms with E-state index in [0.29, 0.717) is 25.9 Å². The third kappa shape index (κ3) is 4.97. The monoisotopic (exact) mass is 379 g/mol. The van der Waals surface area contributed by atoms with Crippen LogP contribution in [0.5, 0.6) is 0 Å². The predicted molar refractivity (Wildman–Crippen MR) is 106 cm³/mol. The summed E-state index contributed by atoms with van der Waals surface area (Å²) in [5, 5.41) is 0. The first-order chi connectivity index (χ1) is 13.5. The molecule has 0 aromatic heterocycles. The molecule has 1 fully saturated rings. The van der Waals surface area contributed by atoms with Gasteiger partial charge in [0.15, 0.2) is 0 Å². The van der Waals surface area contributed by atoms with E-state index in [4.69, 9.17) is 0 Å². The second-order valence-corrected chi connectivity index (χ2v) is 7.01. The zero-order valence-corrected chi connectivity index (χ0v) is 16.1. The predicted octanol–water partition coefficient (Wildman–Crippen LogP) is 2.89. The van der Waals surface area contributed by atoms with E-state index in [-0.39, 0.29) is 30.9 Å². The van der Waals surface area contributed by atoms with Gasteiger partial charge < -0.3 is 9.80 Å². The average molecular weight is 379 g/mol. The van der Waals surface area contributed by atoms with Crippen molar-refractivity contribution in [3.8, 4) is 0 Å². The van der Waals surface area contributed by atoms with Gasteiger partial charge in [0.2, 0.25) is 11.8 Å². The molecule has 2 aromatic rings. The van der Waals surface area contributed by atoms with Crippen LogP contribution in [0.3, 0.4) is 0 Å². The molecule has 1 saturated heterocycles. The van der Waals surface area contributed by atoms with Gasteiger partial charge in [0.1, 0.15) is 6.54 Å². The fraction of sp³-hybridized carbons (Fsp3) is 0.318. The molecule has 1 heterocycles. The van der Waals surface area contributed by atoms with Crippen LogP contribution in [0.25, 0.3) is 0 Å². The number of likely N-dealkylation sites (N-methyl/N-ethyl adjacent to an activating group) is 1. The van der Waals surface area contributed by atoms with Crippen LogP contribution in [0.15, 0.2) is 60.7 Å². The lowest BCUT2D eigenvalue weighted by atomic mass is 10.1. The van der Waals surface area contributed by atoms with Crippen molar-refractivity contribution in [2.24, 2.45) is 0 Å². The van der Waals surface area contributed by atoms with E-state index in [1.54, 1.807) is 7.05 Å². The summed E-state index contributed by atoms with van der Waals surface area (Å²) in [5.74, 6) is -0.189. The highest BCUT2D eigenvalue weighted by molar-refractivity contribution is 6.01. The Labute approximate surface area is 165 Å². The molecule has 6 nitrogen and oxygen atoms in total. The van der Waals surface area contributed by atoms with Crippen molar-refractivity contribution < 1.29 is 14.4 Å². The van der Waals surface area contributed by atoms with E-state index in [9.17, 15) is 14.4 Å². The van der Waals surface area contributed by atoms with Gasteiger partial charge >= 0.3 is 6.03 Å². The quantitative estimate of drug-likeness (QED) is 0.663. The van der Waals surface area contributed by atoms with Crippen LogP contribution >= 0.6 is 0 Å². The Morgan fingerprint density at radius 1 is 0.929 bits per heavy atom. The lowest BCUT2D eigenvalue weighted by Crippen LogP contribution is -2.34. The maximum absolute atomic E-state index is 12.9. The number of carbonyl (C=O) groups excluding carboxylic acids is 3. The summed E-state index contributed by atoms with van der Waals surface area (Å²) in [6.07, 6.45) is 0.755. The Hall–Kier alpha value is -3.15. The maximum atomic E-state index is 12.9. The smallest absolute Gasteiger partial charge is 0.326 e. The first kappa shape index (κ1) is 19.6. The summed E-state index contributed by atoms with van der Waals surface area (Å²) in [6, 6.07) is 19.5. The van der Waals surface area contributed by atoms with Crippen molar-refractivity contribution in [2.75, 3.05) is 20.1 Å². The van der Waals surface area contributed by atoms with Gasteiger partial charge in [0, 0.05) is 33.1 Å². The highest BCUT2D eigenvalue weighted by Crippen LogP contribution is 2.14. The normalized spacial score (nSPS) is 13.9. The third-order valence-corrected chi connectivity index (χ3v) is 4.79. The summed E-state index contributed by atoms with van der Waals surface area (Å²) < 4.78 is 0. The van der Waals surface area contributed by atoms with Crippen molar-refractivity contribution in [3.05, 3.63) is 71.8 Å². The molecule has 1 aliphatic rings. The molecule has 3 rings (SSSR count). The lowest BCUT2D eigenvalue weighted by molar-refractivity contribution is -0.133. The molecule has 0 atom stereocenters. The van der Waals surface area contributed by atoms with Gasteiger partial charge in [-0.1, -0.05) is 60.7 Å². The molecule has 0 spiro atoms. The third-order valence-electron chi connectivity index (χ3n) is 4.79. The molecule has 2 aromatic carbocycles. The largest absolute Gasteiger partial charge is 0.334 e. The standard InChI is InChI=1S/C22H25N3O3/c1-23-17-21(27)25(22(23)28)14-8-13-20(26)24(15-18-9-4-2-5-10-18)16-19-11-6-3-7-12-19/h2-7,9-12H,8,13-17H2,1H3. The van der Waals surface area contributed by atoms with Gasteiger partial charge in [-0.2, -0.15) is 0 Å². The van der Waals surface area contributed by atoms with Crippen LogP contribution in [-0.4, -0.2) is 52.7 Å². The Balaban J connectivity index is 1.61. The van der Waals surface area contributed by atoms with Crippen molar-refractivity contribution in [3.63, 3.8) is 0 Å². The fourth-order valence-electron chi connectivity index (χ4n) is 3.28. The summed E-state index contributed by atoms with van der Waals surface area (Å²) in [6.45, 7) is 1.44. The Kier molecular flexibility index (Phi) is 6.42. The van der Waals surface area contributed by atoms with Gasteiger partial charge in [-0.3, -0.25) is 14.5 Å². The molecule has 0 N–H and O–H groups in total. The molecular formula is C22H25N3O3. The van der Waals surface area contributed by atoms with Crippen LogP contribution in [0, 0.1) is 0 Å². The zero-order valence-electron chi connectivity index (χ0n) is 16.1. The molecule has 0 saturated carbocycles. The molecule has 0 aliphatic carbocycles. The summed E-state index contributed by atoms with van der Waals surface area (Å²) in [4.78, 5) is 41.1. The number of hydrogen-bond acceptors (Lipinski definition) is 3. The van der Waals surface area contributed by atoms with Gasteiger partial charge in [-0.05, 0) is 17.5 Å². The number of imide groups is 1. The van der Waals surface area contributed by atoms with Crippen LogP contribution in [-0.2, 0) is 22.7 Å². The fourth-order valence-corrected chi connectivity index (χ4v) is 3.28. The minimum Gasteiger partial charge on any atom is -0.334 e. The summed E-state index contributed by atoms with van der Waals surface area (Å²) >= 11 is 0. The van der Waals surface area contributed by atoms with Crippen molar-refractivity contribution in [1.29, 1.82) is 0 Å². The van der Waals surface area contributed by atoms with Gasteiger partial charge in [-0.15, -0.1) is 0 Å². The van der Waals surface area contributed by atoms with E-state index in [1.807, 2.05) is 65.6 Å². The first-order valence-electron chi connectivity index (χ1n) is 9.45. The number of urea groups is 1. The Morgan fingerprint density at radius 2 is 1.46 bits per heavy atom. The second-order valence-electron chi connectivity index (χ2n) is 7.01. The topological polar surface area (TPSA) is 60.9 Å². The van der Waals surface area contributed by atoms with E-state index >= 15 is 0 Å². The van der Waals surface area contributed by atoms with E-state index in [0.717, 1.165) is 11.1 Å². The van der Waals surface area contributed by atoms with Gasteiger partial charge in [0.25, 0.3) is 0 Å². The highest BCUT2D eigenvalue weighted by Gasteiger charge is 2.33. The van der Waals surface area contributed by atoms with Gasteiger partial charge in [-0.25, -0.2) is 4.79 Å². The lowest BCUT2D eigenvalue weighted by Gasteiger charge is -2.24. The SMILES string of the molecule is CN1CC(=O)N(CCCC(=O)N(Cc2ccccc2)Cc2ccccc2)C1=O. The Bertz CT molecular complexity index is 782. The van der Waals surface area contributed by atoms with Crippen molar-refractivity contribution >= 4 is 17.8 Å². The number of amides is 4. The highest BCUT2D eigenvalue weighted by atomic mass is 16.2. The molecule has 1 aliphatic heterocycles. The number of hydrogen-bond donors (Lipinski definition) is 0. The molecule has 0 radical (unpaired) electrons. The summed E-state index contributed by atoms with van der Waals surface area (Å²) in [7, 11) is 1.60. The number of carbonyl (C=O) groups is 3. The number of rotatable bonds is 8. The number of benzene rings is 2. The first-order valence-corrected chi connectivity index (χ1v) is 9.45. The number of nitrogens with zero attached hydrogens (tertiary/aromatic N) is 3. The van der Waals surface area contributed by atoms with Crippen LogP contribution in [0.4, 0.5) is 4.79 Å². The maximum Gasteiger partial charge on any atom is 0.326 e. The second kappa shape index (κ2) is 9.17. The van der Waals surface area contributed by atoms with E-state index < -0.39 is 0 Å². The molecule has 28 heavy (non-hydrogen) atoms. The van der Waals surface area contributed by atoms with E-state index in [1.165, 1.54) is 9.80 Å². The van der Waals surface area contributed by atoms with Crippen LogP contribution in [0.2, 0.25) is 0 Å². The molecule has 0 unspecified atom stereocenters. The molecule has 146 valence electrons. The molecule has 0 bridgehead atoms. The van der Waals surface area contributed by atoms with Crippen LogP contribution in [0.1, 0.15) is 24.0 Å². The minimum absolute atomic E-state index is 0.0140. The van der Waals surface area contributed by atoms with Crippen molar-refractivity contribution in [1.82, 2.24) is 14.7 Å². The summed E-state index contributed by atoms with van der Waals surface area (Å²) in [5.41, 5.74) is 2.14. The average Bonchev–Trinajstić information content (AvgIpc) is 2.95. The van der Waals surface area contributed by atoms with E-state index in [2.05, 4.69) is 0 Å². The van der Waals surface area contributed by atoms with Crippen LogP contribution < -0.4 is 0 Å². The molecule has 4 amide bonds.